The van der Waals surface area contributed by atoms with E-state index in [2.05, 4.69) is 19.7 Å². The molecular formula is C19H16F2N6O. The van der Waals surface area contributed by atoms with E-state index in [9.17, 15) is 8.78 Å². The van der Waals surface area contributed by atoms with Gasteiger partial charge in [-0.3, -0.25) is 4.98 Å². The number of alkyl halides is 2. The van der Waals surface area contributed by atoms with Crippen LogP contribution >= 0.6 is 0 Å². The first-order valence-corrected chi connectivity index (χ1v) is 8.37. The Hall–Kier alpha value is -3.59. The van der Waals surface area contributed by atoms with Crippen LogP contribution in [0.15, 0.2) is 66.0 Å². The number of anilines is 2. The number of aliphatic imine (C=N–C) groups is 1. The van der Waals surface area contributed by atoms with Crippen molar-refractivity contribution in [3.63, 3.8) is 0 Å². The molecule has 0 fully saturated rings. The lowest BCUT2D eigenvalue weighted by atomic mass is 10.0. The molecule has 3 aromatic rings. The Morgan fingerprint density at radius 2 is 1.96 bits per heavy atom. The molecule has 1 unspecified atom stereocenters. The average molecular weight is 382 g/mol. The van der Waals surface area contributed by atoms with Crippen molar-refractivity contribution >= 4 is 22.9 Å². The minimum atomic E-state index is -2.93. The Morgan fingerprint density at radius 3 is 2.71 bits per heavy atom. The zero-order valence-corrected chi connectivity index (χ0v) is 14.5. The van der Waals surface area contributed by atoms with E-state index in [0.717, 1.165) is 0 Å². The van der Waals surface area contributed by atoms with Gasteiger partial charge in [0.05, 0.1) is 11.9 Å². The van der Waals surface area contributed by atoms with Crippen molar-refractivity contribution in [1.29, 1.82) is 0 Å². The summed E-state index contributed by atoms with van der Waals surface area (Å²) >= 11 is 0. The van der Waals surface area contributed by atoms with Gasteiger partial charge in [-0.05, 0) is 30.3 Å². The zero-order valence-electron chi connectivity index (χ0n) is 14.5. The molecule has 1 aliphatic heterocycles. The van der Waals surface area contributed by atoms with Gasteiger partial charge in [0.25, 0.3) is 0 Å². The molecule has 142 valence electrons. The Morgan fingerprint density at radius 1 is 1.11 bits per heavy atom. The number of hydrogen-bond acceptors (Lipinski definition) is 7. The third-order valence-corrected chi connectivity index (χ3v) is 4.22. The van der Waals surface area contributed by atoms with E-state index in [4.69, 9.17) is 11.5 Å². The van der Waals surface area contributed by atoms with Crippen molar-refractivity contribution in [2.24, 2.45) is 10.7 Å². The number of amidine groups is 1. The molecular weight excluding hydrogens is 366 g/mol. The highest BCUT2D eigenvalue weighted by Gasteiger charge is 2.30. The first-order valence-electron chi connectivity index (χ1n) is 8.37. The SMILES string of the molecule is Nc1ccc2c(c1)C(N)N(c1cccc(OC(F)F)c1)C(c1cnccn1)=N2. The summed E-state index contributed by atoms with van der Waals surface area (Å²) in [5.41, 5.74) is 15.3. The quantitative estimate of drug-likeness (QED) is 0.672. The summed E-state index contributed by atoms with van der Waals surface area (Å²) in [6.45, 7) is -2.93. The number of nitrogens with two attached hydrogens (primary N) is 2. The molecule has 7 nitrogen and oxygen atoms in total. The van der Waals surface area contributed by atoms with Crippen molar-refractivity contribution in [3.05, 3.63) is 72.3 Å². The van der Waals surface area contributed by atoms with Crippen LogP contribution < -0.4 is 21.1 Å². The lowest BCUT2D eigenvalue weighted by Gasteiger charge is -2.36. The van der Waals surface area contributed by atoms with Gasteiger partial charge in [-0.2, -0.15) is 8.78 Å². The van der Waals surface area contributed by atoms with Gasteiger partial charge in [0.15, 0.2) is 5.84 Å². The molecule has 1 aromatic heterocycles. The van der Waals surface area contributed by atoms with Crippen molar-refractivity contribution < 1.29 is 13.5 Å². The second-order valence-electron chi connectivity index (χ2n) is 6.04. The van der Waals surface area contributed by atoms with E-state index in [1.54, 1.807) is 47.6 Å². The van der Waals surface area contributed by atoms with Crippen LogP contribution in [0.3, 0.4) is 0 Å². The second kappa shape index (κ2) is 7.20. The van der Waals surface area contributed by atoms with Gasteiger partial charge < -0.3 is 21.1 Å². The molecule has 0 radical (unpaired) electrons. The summed E-state index contributed by atoms with van der Waals surface area (Å²) in [7, 11) is 0. The van der Waals surface area contributed by atoms with Crippen LogP contribution in [0.5, 0.6) is 5.75 Å². The standard InChI is InChI=1S/C19H16F2N6O/c20-19(21)28-13-3-1-2-12(9-13)27-17(23)14-8-11(22)4-5-15(14)26-18(27)16-10-24-6-7-25-16/h1-10,17,19H,22-23H2. The molecule has 9 heteroatoms. The minimum Gasteiger partial charge on any atom is -0.435 e. The molecule has 1 aliphatic rings. The number of fused-ring (bicyclic) bond motifs is 1. The van der Waals surface area contributed by atoms with E-state index < -0.39 is 12.8 Å². The van der Waals surface area contributed by atoms with Gasteiger partial charge in [0.1, 0.15) is 17.6 Å². The predicted molar refractivity (Wildman–Crippen MR) is 102 cm³/mol. The molecule has 4 rings (SSSR count). The second-order valence-corrected chi connectivity index (χ2v) is 6.04. The lowest BCUT2D eigenvalue weighted by Crippen LogP contribution is -2.42. The maximum absolute atomic E-state index is 12.6. The molecule has 0 amide bonds. The molecule has 0 bridgehead atoms. The largest absolute Gasteiger partial charge is 0.435 e. The fourth-order valence-corrected chi connectivity index (χ4v) is 3.04. The van der Waals surface area contributed by atoms with Crippen LogP contribution in [0.2, 0.25) is 0 Å². The fourth-order valence-electron chi connectivity index (χ4n) is 3.04. The summed E-state index contributed by atoms with van der Waals surface area (Å²) < 4.78 is 29.8. The van der Waals surface area contributed by atoms with Gasteiger partial charge >= 0.3 is 6.61 Å². The van der Waals surface area contributed by atoms with E-state index in [1.807, 2.05) is 0 Å². The van der Waals surface area contributed by atoms with Gasteiger partial charge in [-0.15, -0.1) is 0 Å². The molecule has 4 N–H and O–H groups in total. The average Bonchev–Trinajstić information content (AvgIpc) is 2.68. The highest BCUT2D eigenvalue weighted by molar-refractivity contribution is 6.11. The number of rotatable bonds is 4. The molecule has 0 saturated carbocycles. The van der Waals surface area contributed by atoms with Crippen LogP contribution in [0.25, 0.3) is 0 Å². The van der Waals surface area contributed by atoms with Crippen LogP contribution in [-0.4, -0.2) is 22.4 Å². The van der Waals surface area contributed by atoms with Crippen molar-refractivity contribution in [2.45, 2.75) is 12.8 Å². The van der Waals surface area contributed by atoms with E-state index in [1.165, 1.54) is 18.3 Å². The number of hydrogen-bond donors (Lipinski definition) is 2. The zero-order chi connectivity index (χ0) is 19.7. The summed E-state index contributed by atoms with van der Waals surface area (Å²) in [5, 5.41) is 0. The third-order valence-electron chi connectivity index (χ3n) is 4.22. The number of benzene rings is 2. The molecule has 2 aromatic carbocycles. The minimum absolute atomic E-state index is 0.0107. The van der Waals surface area contributed by atoms with Gasteiger partial charge in [0, 0.05) is 35.4 Å². The first kappa shape index (κ1) is 17.8. The number of halogens is 2. The molecule has 0 saturated heterocycles. The monoisotopic (exact) mass is 382 g/mol. The summed E-state index contributed by atoms with van der Waals surface area (Å²) in [6, 6.07) is 11.5. The number of nitrogen functional groups attached to an aromatic ring is 1. The summed E-state index contributed by atoms with van der Waals surface area (Å²) in [5.74, 6) is 0.448. The lowest BCUT2D eigenvalue weighted by molar-refractivity contribution is -0.0498. The Balaban J connectivity index is 1.86. The Kier molecular flexibility index (Phi) is 4.58. The number of ether oxygens (including phenoxy) is 1. The first-order chi connectivity index (χ1) is 13.5. The molecule has 28 heavy (non-hydrogen) atoms. The van der Waals surface area contributed by atoms with Crippen LogP contribution in [0.4, 0.5) is 25.8 Å². The summed E-state index contributed by atoms with van der Waals surface area (Å²) in [6.07, 6.45) is 3.97. The molecule has 0 spiro atoms. The van der Waals surface area contributed by atoms with E-state index in [0.29, 0.717) is 34.2 Å². The predicted octanol–water partition coefficient (Wildman–Crippen LogP) is 3.22. The maximum Gasteiger partial charge on any atom is 0.387 e. The van der Waals surface area contributed by atoms with E-state index in [-0.39, 0.29) is 5.75 Å². The number of nitrogens with zero attached hydrogens (tertiary/aromatic N) is 4. The van der Waals surface area contributed by atoms with Gasteiger partial charge in [-0.25, -0.2) is 9.98 Å². The van der Waals surface area contributed by atoms with Gasteiger partial charge in [-0.1, -0.05) is 6.07 Å². The summed E-state index contributed by atoms with van der Waals surface area (Å²) in [4.78, 5) is 14.7. The van der Waals surface area contributed by atoms with Crippen molar-refractivity contribution in [3.8, 4) is 5.75 Å². The number of aromatic nitrogens is 2. The molecule has 2 heterocycles. The third kappa shape index (κ3) is 3.35. The topological polar surface area (TPSA) is 103 Å². The highest BCUT2D eigenvalue weighted by Crippen LogP contribution is 2.38. The molecule has 1 atom stereocenters. The fraction of sp³-hybridized carbons (Fsp3) is 0.105. The Bertz CT molecular complexity index is 1030. The van der Waals surface area contributed by atoms with Gasteiger partial charge in [0.2, 0.25) is 0 Å². The normalized spacial score (nSPS) is 15.9. The highest BCUT2D eigenvalue weighted by atomic mass is 19.3. The molecule has 0 aliphatic carbocycles. The van der Waals surface area contributed by atoms with Crippen LogP contribution in [-0.2, 0) is 0 Å². The maximum atomic E-state index is 12.6. The van der Waals surface area contributed by atoms with Crippen molar-refractivity contribution in [1.82, 2.24) is 9.97 Å². The van der Waals surface area contributed by atoms with Crippen LogP contribution in [0.1, 0.15) is 17.4 Å². The Labute approximate surface area is 159 Å². The van der Waals surface area contributed by atoms with Crippen LogP contribution in [0, 0.1) is 0 Å². The van der Waals surface area contributed by atoms with Crippen molar-refractivity contribution in [2.75, 3.05) is 10.6 Å². The smallest absolute Gasteiger partial charge is 0.387 e. The van der Waals surface area contributed by atoms with E-state index >= 15 is 0 Å².